The van der Waals surface area contributed by atoms with Crippen molar-refractivity contribution in [2.24, 2.45) is 0 Å². The summed E-state index contributed by atoms with van der Waals surface area (Å²) in [6.07, 6.45) is 3.44. The number of halogens is 2. The molecule has 5 heteroatoms. The Kier molecular flexibility index (Phi) is 8.26. The van der Waals surface area contributed by atoms with Gasteiger partial charge in [-0.2, -0.15) is 0 Å². The number of carbonyl (C=O) groups excluding carboxylic acids is 1. The zero-order valence-electron chi connectivity index (χ0n) is 15.8. The maximum atomic E-state index is 13.0. The molecule has 2 aromatic rings. The van der Waals surface area contributed by atoms with E-state index in [0.717, 1.165) is 44.6 Å². The number of likely N-dealkylation sites (tertiary alicyclic amines) is 1. The van der Waals surface area contributed by atoms with Gasteiger partial charge in [0.2, 0.25) is 5.91 Å². The van der Waals surface area contributed by atoms with Gasteiger partial charge < -0.3 is 9.80 Å². The third-order valence-corrected chi connectivity index (χ3v) is 5.16. The van der Waals surface area contributed by atoms with Crippen LogP contribution >= 0.6 is 12.4 Å². The van der Waals surface area contributed by atoms with Gasteiger partial charge in [-0.1, -0.05) is 37.3 Å². The molecule has 0 spiro atoms. The number of nitrogens with zero attached hydrogens (tertiary/aromatic N) is 2. The minimum absolute atomic E-state index is 0. The summed E-state index contributed by atoms with van der Waals surface area (Å²) in [6, 6.07) is 17.0. The zero-order valence-corrected chi connectivity index (χ0v) is 16.6. The smallest absolute Gasteiger partial charge is 0.226 e. The predicted molar refractivity (Wildman–Crippen MR) is 111 cm³/mol. The van der Waals surface area contributed by atoms with Crippen LogP contribution in [0.5, 0.6) is 0 Å². The molecule has 1 heterocycles. The summed E-state index contributed by atoms with van der Waals surface area (Å²) in [7, 11) is 0. The van der Waals surface area contributed by atoms with Crippen molar-refractivity contribution in [2.45, 2.75) is 38.6 Å². The van der Waals surface area contributed by atoms with Crippen molar-refractivity contribution in [3.63, 3.8) is 0 Å². The van der Waals surface area contributed by atoms with E-state index in [1.807, 2.05) is 54.3 Å². The second kappa shape index (κ2) is 10.4. The van der Waals surface area contributed by atoms with Crippen LogP contribution < -0.4 is 4.90 Å². The van der Waals surface area contributed by atoms with Gasteiger partial charge in [0.1, 0.15) is 5.82 Å². The van der Waals surface area contributed by atoms with E-state index in [9.17, 15) is 9.18 Å². The van der Waals surface area contributed by atoms with E-state index in [2.05, 4.69) is 4.90 Å². The average molecular weight is 391 g/mol. The predicted octanol–water partition coefficient (Wildman–Crippen LogP) is 4.70. The third kappa shape index (κ3) is 5.78. The summed E-state index contributed by atoms with van der Waals surface area (Å²) < 4.78 is 13.0. The molecule has 1 fully saturated rings. The molecule has 146 valence electrons. The van der Waals surface area contributed by atoms with E-state index in [4.69, 9.17) is 0 Å². The van der Waals surface area contributed by atoms with E-state index in [-0.39, 0.29) is 30.2 Å². The van der Waals surface area contributed by atoms with Gasteiger partial charge in [0, 0.05) is 37.8 Å². The monoisotopic (exact) mass is 390 g/mol. The molecule has 1 aliphatic rings. The van der Waals surface area contributed by atoms with E-state index >= 15 is 0 Å². The fourth-order valence-corrected chi connectivity index (χ4v) is 3.66. The lowest BCUT2D eigenvalue weighted by Gasteiger charge is -2.38. The van der Waals surface area contributed by atoms with E-state index in [1.54, 1.807) is 0 Å². The molecule has 1 amide bonds. The van der Waals surface area contributed by atoms with Crippen molar-refractivity contribution in [2.75, 3.05) is 24.5 Å². The number of piperidine rings is 1. The highest BCUT2D eigenvalue weighted by Gasteiger charge is 2.28. The Morgan fingerprint density at radius 1 is 1.07 bits per heavy atom. The van der Waals surface area contributed by atoms with E-state index in [0.29, 0.717) is 6.42 Å². The first kappa shape index (κ1) is 21.4. The Labute approximate surface area is 167 Å². The topological polar surface area (TPSA) is 23.6 Å². The normalized spacial score (nSPS) is 15.2. The number of hydrogen-bond donors (Lipinski definition) is 0. The van der Waals surface area contributed by atoms with Gasteiger partial charge >= 0.3 is 0 Å². The molecule has 0 radical (unpaired) electrons. The minimum Gasteiger partial charge on any atom is -0.309 e. The first-order valence-electron chi connectivity index (χ1n) is 9.51. The number of para-hydroxylation sites is 1. The molecule has 0 unspecified atom stereocenters. The molecule has 1 saturated heterocycles. The summed E-state index contributed by atoms with van der Waals surface area (Å²) in [5, 5.41) is 0. The van der Waals surface area contributed by atoms with Crippen molar-refractivity contribution in [1.29, 1.82) is 0 Å². The number of rotatable bonds is 6. The van der Waals surface area contributed by atoms with Gasteiger partial charge in [-0.05, 0) is 49.1 Å². The van der Waals surface area contributed by atoms with Gasteiger partial charge in [-0.25, -0.2) is 4.39 Å². The summed E-state index contributed by atoms with van der Waals surface area (Å²) in [5.41, 5.74) is 2.17. The standard InChI is InChI=1S/C22H27FN2O.ClH/c1-2-22(26)25(20-6-4-3-5-7-20)21-13-16-24(17-14-21)15-12-18-8-10-19(23)11-9-18;/h3-11,21H,2,12-17H2,1H3;1H. The second-order valence-electron chi connectivity index (χ2n) is 6.90. The van der Waals surface area contributed by atoms with Crippen molar-refractivity contribution < 1.29 is 9.18 Å². The van der Waals surface area contributed by atoms with E-state index < -0.39 is 0 Å². The highest BCUT2D eigenvalue weighted by atomic mass is 35.5. The van der Waals surface area contributed by atoms with Crippen LogP contribution in [0.15, 0.2) is 54.6 Å². The first-order chi connectivity index (χ1) is 12.7. The van der Waals surface area contributed by atoms with Gasteiger partial charge in [-0.3, -0.25) is 4.79 Å². The fraction of sp³-hybridized carbons (Fsp3) is 0.409. The quantitative estimate of drug-likeness (QED) is 0.713. The zero-order chi connectivity index (χ0) is 18.4. The SMILES string of the molecule is CCC(=O)N(c1ccccc1)C1CCN(CCc2ccc(F)cc2)CC1.Cl. The Hall–Kier alpha value is -1.91. The lowest BCUT2D eigenvalue weighted by atomic mass is 10.0. The lowest BCUT2D eigenvalue weighted by molar-refractivity contribution is -0.119. The number of amides is 1. The summed E-state index contributed by atoms with van der Waals surface area (Å²) in [5.74, 6) is 0.0112. The van der Waals surface area contributed by atoms with Gasteiger partial charge in [0.25, 0.3) is 0 Å². The van der Waals surface area contributed by atoms with Crippen molar-refractivity contribution in [3.05, 3.63) is 66.0 Å². The largest absolute Gasteiger partial charge is 0.309 e. The molecule has 27 heavy (non-hydrogen) atoms. The highest BCUT2D eigenvalue weighted by Crippen LogP contribution is 2.24. The Morgan fingerprint density at radius 3 is 2.30 bits per heavy atom. The summed E-state index contributed by atoms with van der Waals surface area (Å²) >= 11 is 0. The molecular weight excluding hydrogens is 363 g/mol. The fourth-order valence-electron chi connectivity index (χ4n) is 3.66. The minimum atomic E-state index is -0.184. The first-order valence-corrected chi connectivity index (χ1v) is 9.51. The van der Waals surface area contributed by atoms with Crippen LogP contribution in [-0.2, 0) is 11.2 Å². The van der Waals surface area contributed by atoms with Gasteiger partial charge in [-0.15, -0.1) is 12.4 Å². The van der Waals surface area contributed by atoms with Gasteiger partial charge in [0.15, 0.2) is 0 Å². The molecule has 0 aromatic heterocycles. The molecule has 3 nitrogen and oxygen atoms in total. The maximum absolute atomic E-state index is 13.0. The van der Waals surface area contributed by atoms with E-state index in [1.165, 1.54) is 17.7 Å². The van der Waals surface area contributed by atoms with Crippen LogP contribution in [0, 0.1) is 5.82 Å². The Bertz CT molecular complexity index is 700. The van der Waals surface area contributed by atoms with Crippen molar-refractivity contribution in [3.8, 4) is 0 Å². The van der Waals surface area contributed by atoms with Crippen LogP contribution in [0.3, 0.4) is 0 Å². The average Bonchev–Trinajstić information content (AvgIpc) is 2.69. The molecule has 1 aliphatic heterocycles. The molecule has 3 rings (SSSR count). The van der Waals surface area contributed by atoms with Crippen LogP contribution in [0.4, 0.5) is 10.1 Å². The van der Waals surface area contributed by atoms with Crippen LogP contribution in [0.1, 0.15) is 31.7 Å². The highest BCUT2D eigenvalue weighted by molar-refractivity contribution is 5.93. The third-order valence-electron chi connectivity index (χ3n) is 5.16. The number of benzene rings is 2. The number of carbonyl (C=O) groups is 1. The van der Waals surface area contributed by atoms with Crippen molar-refractivity contribution >= 4 is 24.0 Å². The van der Waals surface area contributed by atoms with Crippen molar-refractivity contribution in [1.82, 2.24) is 4.90 Å². The molecule has 0 aliphatic carbocycles. The number of anilines is 1. The molecule has 0 bridgehead atoms. The molecule has 0 atom stereocenters. The Morgan fingerprint density at radius 2 is 1.70 bits per heavy atom. The summed E-state index contributed by atoms with van der Waals surface area (Å²) in [6.45, 7) is 4.89. The molecule has 2 aromatic carbocycles. The molecule has 0 saturated carbocycles. The Balaban J connectivity index is 0.00000261. The lowest BCUT2D eigenvalue weighted by Crippen LogP contribution is -2.47. The van der Waals surface area contributed by atoms with Crippen LogP contribution in [0.2, 0.25) is 0 Å². The molecular formula is C22H28ClFN2O. The van der Waals surface area contributed by atoms with Crippen LogP contribution in [-0.4, -0.2) is 36.5 Å². The van der Waals surface area contributed by atoms with Crippen LogP contribution in [0.25, 0.3) is 0 Å². The summed E-state index contributed by atoms with van der Waals surface area (Å²) in [4.78, 5) is 17.0. The second-order valence-corrected chi connectivity index (χ2v) is 6.90. The van der Waals surface area contributed by atoms with Gasteiger partial charge in [0.05, 0.1) is 0 Å². The molecule has 0 N–H and O–H groups in total. The maximum Gasteiger partial charge on any atom is 0.226 e. The number of hydrogen-bond acceptors (Lipinski definition) is 2.